The first-order valence-corrected chi connectivity index (χ1v) is 9.31. The smallest absolute Gasteiger partial charge is 0.455 e. The van der Waals surface area contributed by atoms with E-state index in [9.17, 15) is 14.7 Å². The molecule has 1 aliphatic heterocycles. The van der Waals surface area contributed by atoms with Gasteiger partial charge in [-0.25, -0.2) is 9.59 Å². The summed E-state index contributed by atoms with van der Waals surface area (Å²) < 4.78 is 16.2. The van der Waals surface area contributed by atoms with Crippen molar-refractivity contribution in [1.82, 2.24) is 0 Å². The minimum absolute atomic E-state index is 0.189. The van der Waals surface area contributed by atoms with Gasteiger partial charge in [-0.3, -0.25) is 0 Å². The Bertz CT molecular complexity index is 919. The topological polar surface area (TPSA) is 117 Å². The quantitative estimate of drug-likeness (QED) is 0.397. The Balaban J connectivity index is 1.80. The number of nitrogens with two attached hydrogens (primary N) is 1. The zero-order valence-corrected chi connectivity index (χ0v) is 16.3. The molecule has 0 saturated heterocycles. The van der Waals surface area contributed by atoms with Gasteiger partial charge in [-0.05, 0) is 35.7 Å². The van der Waals surface area contributed by atoms with Gasteiger partial charge >= 0.3 is 17.7 Å². The highest BCUT2D eigenvalue weighted by Crippen LogP contribution is 2.43. The predicted molar refractivity (Wildman–Crippen MR) is 102 cm³/mol. The molecule has 9 heteroatoms. The maximum absolute atomic E-state index is 12.7. The van der Waals surface area contributed by atoms with E-state index in [0.29, 0.717) is 17.0 Å². The molecule has 0 spiro atoms. The second kappa shape index (κ2) is 8.69. The number of aryl methyl sites for hydroxylation is 1. The molecule has 0 radical (unpaired) electrons. The lowest BCUT2D eigenvalue weighted by molar-refractivity contribution is -0.204. The number of halogens is 1. The maximum Gasteiger partial charge on any atom is 0.455 e. The van der Waals surface area contributed by atoms with Crippen LogP contribution < -0.4 is 15.4 Å². The van der Waals surface area contributed by atoms with Crippen molar-refractivity contribution >= 4 is 23.5 Å². The van der Waals surface area contributed by atoms with Gasteiger partial charge in [0, 0.05) is 5.02 Å². The molecule has 1 aliphatic rings. The number of fused-ring (bicyclic) bond motifs is 1. The van der Waals surface area contributed by atoms with Gasteiger partial charge in [-0.15, -0.1) is 0 Å². The standard InChI is InChI=1S/C20H20ClNO7/c1-2-5-12-6-4-9-16-17(12)28-20(27-16,19(25)29-22)18(24)26-11-15(23)13-7-3-8-14(21)10-13/h3-4,6-10,15,23H,2,5,11,22H2,1H3. The first-order chi connectivity index (χ1) is 13.9. The first-order valence-electron chi connectivity index (χ1n) is 8.93. The third kappa shape index (κ3) is 4.14. The molecule has 3 rings (SSSR count). The Labute approximate surface area is 172 Å². The van der Waals surface area contributed by atoms with Crippen molar-refractivity contribution in [2.75, 3.05) is 6.61 Å². The van der Waals surface area contributed by atoms with Crippen molar-refractivity contribution in [3.05, 3.63) is 58.6 Å². The van der Waals surface area contributed by atoms with Crippen molar-refractivity contribution in [3.63, 3.8) is 0 Å². The number of hydrogen-bond donors (Lipinski definition) is 2. The van der Waals surface area contributed by atoms with Crippen LogP contribution in [0.4, 0.5) is 0 Å². The van der Waals surface area contributed by atoms with E-state index < -0.39 is 30.4 Å². The van der Waals surface area contributed by atoms with E-state index in [2.05, 4.69) is 4.84 Å². The number of carbonyl (C=O) groups excluding carboxylic acids is 2. The van der Waals surface area contributed by atoms with Gasteiger partial charge in [-0.1, -0.05) is 49.2 Å². The molecule has 0 bridgehead atoms. The maximum atomic E-state index is 12.7. The minimum atomic E-state index is -2.55. The number of carbonyl (C=O) groups is 2. The molecule has 0 saturated carbocycles. The number of ether oxygens (including phenoxy) is 3. The summed E-state index contributed by atoms with van der Waals surface area (Å²) in [5.41, 5.74) is 1.19. The highest BCUT2D eigenvalue weighted by molar-refractivity contribution is 6.30. The van der Waals surface area contributed by atoms with E-state index in [-0.39, 0.29) is 11.5 Å². The number of para-hydroxylation sites is 1. The number of aliphatic hydroxyl groups is 1. The fraction of sp³-hybridized carbons (Fsp3) is 0.300. The van der Waals surface area contributed by atoms with Gasteiger partial charge < -0.3 is 24.2 Å². The van der Waals surface area contributed by atoms with Crippen LogP contribution in [0.2, 0.25) is 5.02 Å². The van der Waals surface area contributed by atoms with Crippen LogP contribution in [0.15, 0.2) is 42.5 Å². The molecule has 1 heterocycles. The van der Waals surface area contributed by atoms with Crippen LogP contribution in [-0.4, -0.2) is 29.4 Å². The van der Waals surface area contributed by atoms with Crippen molar-refractivity contribution < 1.29 is 33.7 Å². The molecule has 0 aromatic heterocycles. The molecule has 3 N–H and O–H groups in total. The van der Waals surface area contributed by atoms with Crippen LogP contribution in [0.3, 0.4) is 0 Å². The minimum Gasteiger partial charge on any atom is -0.456 e. The van der Waals surface area contributed by atoms with Crippen molar-refractivity contribution in [1.29, 1.82) is 0 Å². The summed E-state index contributed by atoms with van der Waals surface area (Å²) in [5.74, 6) is 0.393. The highest BCUT2D eigenvalue weighted by atomic mass is 35.5. The van der Waals surface area contributed by atoms with E-state index >= 15 is 0 Å². The number of benzene rings is 2. The molecular formula is C20H20ClNO7. The number of aliphatic hydroxyl groups excluding tert-OH is 1. The summed E-state index contributed by atoms with van der Waals surface area (Å²) in [4.78, 5) is 29.3. The molecule has 2 aromatic carbocycles. The van der Waals surface area contributed by atoms with E-state index in [4.69, 9.17) is 31.7 Å². The Morgan fingerprint density at radius 1 is 1.21 bits per heavy atom. The lowest BCUT2D eigenvalue weighted by Gasteiger charge is -2.23. The van der Waals surface area contributed by atoms with Crippen LogP contribution >= 0.6 is 11.6 Å². The van der Waals surface area contributed by atoms with Gasteiger partial charge in [0.25, 0.3) is 0 Å². The Morgan fingerprint density at radius 2 is 1.97 bits per heavy atom. The second-order valence-electron chi connectivity index (χ2n) is 6.39. The normalized spacial score (nSPS) is 18.2. The molecule has 2 atom stereocenters. The fourth-order valence-electron chi connectivity index (χ4n) is 2.93. The van der Waals surface area contributed by atoms with Gasteiger partial charge in [0.05, 0.1) is 0 Å². The van der Waals surface area contributed by atoms with Gasteiger partial charge in [-0.2, -0.15) is 5.90 Å². The van der Waals surface area contributed by atoms with E-state index in [1.54, 1.807) is 36.4 Å². The Hall–Kier alpha value is -2.81. The summed E-state index contributed by atoms with van der Waals surface area (Å²) in [7, 11) is 0. The molecule has 154 valence electrons. The molecule has 2 aromatic rings. The van der Waals surface area contributed by atoms with Gasteiger partial charge in [0.15, 0.2) is 11.5 Å². The van der Waals surface area contributed by atoms with Crippen LogP contribution in [0.5, 0.6) is 11.5 Å². The summed E-state index contributed by atoms with van der Waals surface area (Å²) in [5, 5.41) is 10.7. The van der Waals surface area contributed by atoms with Crippen LogP contribution in [0, 0.1) is 0 Å². The second-order valence-corrected chi connectivity index (χ2v) is 6.83. The average molecular weight is 422 g/mol. The van der Waals surface area contributed by atoms with Gasteiger partial charge in [0.1, 0.15) is 12.7 Å². The number of hydrogen-bond acceptors (Lipinski definition) is 8. The average Bonchev–Trinajstić information content (AvgIpc) is 3.13. The summed E-state index contributed by atoms with van der Waals surface area (Å²) in [6.07, 6.45) is 0.274. The monoisotopic (exact) mass is 421 g/mol. The fourth-order valence-corrected chi connectivity index (χ4v) is 3.13. The summed E-state index contributed by atoms with van der Waals surface area (Å²) in [6.45, 7) is 1.51. The van der Waals surface area contributed by atoms with E-state index in [1.807, 2.05) is 6.92 Å². The van der Waals surface area contributed by atoms with E-state index in [0.717, 1.165) is 12.0 Å². The Morgan fingerprint density at radius 3 is 2.66 bits per heavy atom. The molecule has 29 heavy (non-hydrogen) atoms. The van der Waals surface area contributed by atoms with Crippen molar-refractivity contribution in [3.8, 4) is 11.5 Å². The lowest BCUT2D eigenvalue weighted by atomic mass is 10.1. The molecule has 0 aliphatic carbocycles. The molecular weight excluding hydrogens is 402 g/mol. The number of esters is 1. The van der Waals surface area contributed by atoms with Gasteiger partial charge in [0.2, 0.25) is 0 Å². The molecule has 0 fully saturated rings. The number of rotatable bonds is 7. The van der Waals surface area contributed by atoms with Crippen LogP contribution in [0.1, 0.15) is 30.6 Å². The first kappa shape index (κ1) is 20.9. The SMILES string of the molecule is CCCc1cccc2c1OC(C(=O)ON)(C(=O)OCC(O)c1cccc(Cl)c1)O2. The zero-order chi connectivity index (χ0) is 21.0. The third-order valence-corrected chi connectivity index (χ3v) is 4.56. The zero-order valence-electron chi connectivity index (χ0n) is 15.6. The van der Waals surface area contributed by atoms with Crippen molar-refractivity contribution in [2.24, 2.45) is 5.90 Å². The lowest BCUT2D eigenvalue weighted by Crippen LogP contribution is -2.56. The van der Waals surface area contributed by atoms with Crippen LogP contribution in [0.25, 0.3) is 0 Å². The molecule has 8 nitrogen and oxygen atoms in total. The van der Waals surface area contributed by atoms with E-state index in [1.165, 1.54) is 6.07 Å². The Kier molecular flexibility index (Phi) is 6.26. The van der Waals surface area contributed by atoms with Crippen molar-refractivity contribution in [2.45, 2.75) is 31.7 Å². The summed E-state index contributed by atoms with van der Waals surface area (Å²) >= 11 is 5.90. The molecule has 2 unspecified atom stereocenters. The van der Waals surface area contributed by atoms with Crippen LogP contribution in [-0.2, 0) is 25.6 Å². The largest absolute Gasteiger partial charge is 0.456 e. The third-order valence-electron chi connectivity index (χ3n) is 4.33. The highest BCUT2D eigenvalue weighted by Gasteiger charge is 2.60. The predicted octanol–water partition coefficient (Wildman–Crippen LogP) is 2.45. The molecule has 0 amide bonds. The summed E-state index contributed by atoms with van der Waals surface area (Å²) in [6, 6.07) is 11.5.